The maximum atomic E-state index is 5.62. The van der Waals surface area contributed by atoms with Crippen LogP contribution in [0.15, 0.2) is 35.5 Å². The highest BCUT2D eigenvalue weighted by Gasteiger charge is 2.02. The summed E-state index contributed by atoms with van der Waals surface area (Å²) in [5.74, 6) is 0.748. The summed E-state index contributed by atoms with van der Waals surface area (Å²) in [6.07, 6.45) is 7.04. The summed E-state index contributed by atoms with van der Waals surface area (Å²) < 4.78 is 8.58. The zero-order valence-corrected chi connectivity index (χ0v) is 10.5. The Morgan fingerprint density at radius 1 is 1.31 bits per heavy atom. The van der Waals surface area contributed by atoms with Gasteiger partial charge in [-0.1, -0.05) is 0 Å². The molecule has 0 N–H and O–H groups in total. The van der Waals surface area contributed by atoms with E-state index in [4.69, 9.17) is 4.74 Å². The molecule has 2 aromatic rings. The first-order valence-corrected chi connectivity index (χ1v) is 5.81. The highest BCUT2D eigenvalue weighted by Crippen LogP contribution is 2.17. The first kappa shape index (κ1) is 11.1. The molecule has 16 heavy (non-hydrogen) atoms. The molecule has 0 saturated carbocycles. The van der Waals surface area contributed by atoms with E-state index >= 15 is 0 Å². The largest absolute Gasteiger partial charge is 0.486 e. The van der Waals surface area contributed by atoms with E-state index in [1.807, 2.05) is 16.8 Å². The molecule has 0 saturated heterocycles. The molecule has 0 spiro atoms. The van der Waals surface area contributed by atoms with Crippen LogP contribution in [0, 0.1) is 0 Å². The van der Waals surface area contributed by atoms with E-state index in [1.165, 1.54) is 0 Å². The van der Waals surface area contributed by atoms with Crippen LogP contribution in [0.1, 0.15) is 12.6 Å². The minimum absolute atomic E-state index is 0.506. The third-order valence-electron chi connectivity index (χ3n) is 2.21. The van der Waals surface area contributed by atoms with Crippen LogP contribution in [0.25, 0.3) is 0 Å². The smallest absolute Gasteiger partial charge is 0.139 e. The minimum Gasteiger partial charge on any atom is -0.486 e. The van der Waals surface area contributed by atoms with Gasteiger partial charge >= 0.3 is 0 Å². The van der Waals surface area contributed by atoms with Gasteiger partial charge < -0.3 is 9.30 Å². The van der Waals surface area contributed by atoms with Gasteiger partial charge in [0.05, 0.1) is 24.4 Å². The zero-order chi connectivity index (χ0) is 11.4. The average Bonchev–Trinajstić information content (AvgIpc) is 2.74. The highest BCUT2D eigenvalue weighted by atomic mass is 79.9. The minimum atomic E-state index is 0.506. The number of aromatic nitrogens is 3. The second-order valence-electron chi connectivity index (χ2n) is 3.30. The van der Waals surface area contributed by atoms with Gasteiger partial charge in [-0.2, -0.15) is 0 Å². The van der Waals surface area contributed by atoms with E-state index in [9.17, 15) is 0 Å². The third-order valence-corrected chi connectivity index (χ3v) is 2.64. The van der Waals surface area contributed by atoms with Gasteiger partial charge in [0.1, 0.15) is 12.4 Å². The summed E-state index contributed by atoms with van der Waals surface area (Å²) in [4.78, 5) is 8.11. The summed E-state index contributed by atoms with van der Waals surface area (Å²) in [5, 5.41) is 0. The molecule has 2 aromatic heterocycles. The van der Waals surface area contributed by atoms with E-state index < -0.39 is 0 Å². The average molecular weight is 282 g/mol. The molecule has 0 aromatic carbocycles. The summed E-state index contributed by atoms with van der Waals surface area (Å²) in [7, 11) is 0. The van der Waals surface area contributed by atoms with Gasteiger partial charge in [0.25, 0.3) is 0 Å². The van der Waals surface area contributed by atoms with Crippen LogP contribution in [0.3, 0.4) is 0 Å². The van der Waals surface area contributed by atoms with Gasteiger partial charge in [0.15, 0.2) is 0 Å². The normalized spacial score (nSPS) is 10.4. The molecule has 0 amide bonds. The van der Waals surface area contributed by atoms with Crippen molar-refractivity contribution < 1.29 is 4.74 Å². The van der Waals surface area contributed by atoms with Gasteiger partial charge in [0.2, 0.25) is 0 Å². The molecule has 0 fully saturated rings. The Morgan fingerprint density at radius 2 is 2.19 bits per heavy atom. The Labute approximate surface area is 102 Å². The van der Waals surface area contributed by atoms with Crippen LogP contribution < -0.4 is 4.74 Å². The Kier molecular flexibility index (Phi) is 3.56. The maximum absolute atomic E-state index is 5.62. The molecule has 0 radical (unpaired) electrons. The van der Waals surface area contributed by atoms with Crippen molar-refractivity contribution in [3.05, 3.63) is 41.2 Å². The van der Waals surface area contributed by atoms with Crippen molar-refractivity contribution >= 4 is 15.9 Å². The monoisotopic (exact) mass is 281 g/mol. The van der Waals surface area contributed by atoms with Crippen LogP contribution >= 0.6 is 15.9 Å². The first-order chi connectivity index (χ1) is 7.79. The SMILES string of the molecule is CCn1cncc1COc1cncc(Br)c1. The van der Waals surface area contributed by atoms with E-state index in [1.54, 1.807) is 18.7 Å². The van der Waals surface area contributed by atoms with Crippen LogP contribution in [0.4, 0.5) is 0 Å². The molecule has 0 aliphatic heterocycles. The van der Waals surface area contributed by atoms with E-state index in [-0.39, 0.29) is 0 Å². The standard InChI is InChI=1S/C11H12BrN3O/c1-2-15-8-14-5-10(15)7-16-11-3-9(12)4-13-6-11/h3-6,8H,2,7H2,1H3. The highest BCUT2D eigenvalue weighted by molar-refractivity contribution is 9.10. The van der Waals surface area contributed by atoms with E-state index in [2.05, 4.69) is 32.8 Å². The fourth-order valence-corrected chi connectivity index (χ4v) is 1.73. The number of hydrogen-bond donors (Lipinski definition) is 0. The maximum Gasteiger partial charge on any atom is 0.139 e. The Morgan fingerprint density at radius 3 is 2.94 bits per heavy atom. The molecule has 2 heterocycles. The van der Waals surface area contributed by atoms with Gasteiger partial charge in [-0.15, -0.1) is 0 Å². The van der Waals surface area contributed by atoms with Gasteiger partial charge in [-0.3, -0.25) is 4.98 Å². The lowest BCUT2D eigenvalue weighted by atomic mass is 10.4. The van der Waals surface area contributed by atoms with Crippen molar-refractivity contribution in [2.45, 2.75) is 20.1 Å². The lowest BCUT2D eigenvalue weighted by molar-refractivity contribution is 0.294. The predicted molar refractivity (Wildman–Crippen MR) is 64.2 cm³/mol. The van der Waals surface area contributed by atoms with Crippen LogP contribution in [0.5, 0.6) is 5.75 Å². The van der Waals surface area contributed by atoms with Crippen molar-refractivity contribution in [2.75, 3.05) is 0 Å². The van der Waals surface area contributed by atoms with Crippen LogP contribution in [-0.4, -0.2) is 14.5 Å². The topological polar surface area (TPSA) is 39.9 Å². The Hall–Kier alpha value is -1.36. The lowest BCUT2D eigenvalue weighted by Gasteiger charge is -2.07. The fourth-order valence-electron chi connectivity index (χ4n) is 1.38. The van der Waals surface area contributed by atoms with Crippen molar-refractivity contribution in [1.82, 2.24) is 14.5 Å². The van der Waals surface area contributed by atoms with E-state index in [0.29, 0.717) is 6.61 Å². The van der Waals surface area contributed by atoms with Crippen molar-refractivity contribution in [1.29, 1.82) is 0 Å². The number of ether oxygens (including phenoxy) is 1. The summed E-state index contributed by atoms with van der Waals surface area (Å²) in [6, 6.07) is 1.89. The molecule has 2 rings (SSSR count). The van der Waals surface area contributed by atoms with Gasteiger partial charge in [0, 0.05) is 17.2 Å². The number of imidazole rings is 1. The molecular formula is C11H12BrN3O. The lowest BCUT2D eigenvalue weighted by Crippen LogP contribution is -2.03. The quantitative estimate of drug-likeness (QED) is 0.865. The number of halogens is 1. The second kappa shape index (κ2) is 5.12. The molecule has 0 atom stereocenters. The number of aryl methyl sites for hydroxylation is 1. The molecule has 0 aliphatic rings. The van der Waals surface area contributed by atoms with Gasteiger partial charge in [-0.25, -0.2) is 4.98 Å². The molecule has 0 bridgehead atoms. The predicted octanol–water partition coefficient (Wildman–Crippen LogP) is 2.64. The molecular weight excluding hydrogens is 270 g/mol. The van der Waals surface area contributed by atoms with Crippen molar-refractivity contribution in [3.63, 3.8) is 0 Å². The molecule has 5 heteroatoms. The van der Waals surface area contributed by atoms with Crippen molar-refractivity contribution in [2.24, 2.45) is 0 Å². The van der Waals surface area contributed by atoms with E-state index in [0.717, 1.165) is 22.5 Å². The number of pyridine rings is 1. The second-order valence-corrected chi connectivity index (χ2v) is 4.21. The fraction of sp³-hybridized carbons (Fsp3) is 0.273. The molecule has 0 aliphatic carbocycles. The molecule has 84 valence electrons. The van der Waals surface area contributed by atoms with Crippen molar-refractivity contribution in [3.8, 4) is 5.75 Å². The van der Waals surface area contributed by atoms with Crippen LogP contribution in [0.2, 0.25) is 0 Å². The summed E-state index contributed by atoms with van der Waals surface area (Å²) in [5.41, 5.74) is 1.06. The molecule has 0 unspecified atom stereocenters. The molecule has 4 nitrogen and oxygen atoms in total. The van der Waals surface area contributed by atoms with Gasteiger partial charge in [-0.05, 0) is 28.9 Å². The Balaban J connectivity index is 2.02. The number of rotatable bonds is 4. The van der Waals surface area contributed by atoms with Crippen LogP contribution in [-0.2, 0) is 13.2 Å². The third kappa shape index (κ3) is 2.61. The summed E-state index contributed by atoms with van der Waals surface area (Å²) in [6.45, 7) is 3.48. The zero-order valence-electron chi connectivity index (χ0n) is 8.93. The number of nitrogens with zero attached hydrogens (tertiary/aromatic N) is 3. The first-order valence-electron chi connectivity index (χ1n) is 5.02. The summed E-state index contributed by atoms with van der Waals surface area (Å²) >= 11 is 3.35. The Bertz CT molecular complexity index is 470. The number of hydrogen-bond acceptors (Lipinski definition) is 3.